The molecule has 2 aromatic rings. The maximum atomic E-state index is 5.72. The van der Waals surface area contributed by atoms with Crippen LogP contribution in [-0.2, 0) is 0 Å². The van der Waals surface area contributed by atoms with Crippen LogP contribution >= 0.6 is 7.92 Å². The molecule has 2 heteroatoms. The Hall–Kier alpha value is -1.07. The molecule has 0 saturated heterocycles. The highest BCUT2D eigenvalue weighted by atomic mass is 31.1. The average molecular weight is 224 g/mol. The van der Waals surface area contributed by atoms with Gasteiger partial charge in [-0.2, -0.15) is 0 Å². The van der Waals surface area contributed by atoms with Gasteiger partial charge in [-0.1, -0.05) is 67.0 Å². The smallest absolute Gasteiger partial charge is 0.0658 e. The Morgan fingerprint density at radius 1 is 0.750 bits per heavy atom. The summed E-state index contributed by atoms with van der Waals surface area (Å²) in [7, 11) is 5.44. The molecule has 2 radical (unpaired) electrons. The van der Waals surface area contributed by atoms with Crippen LogP contribution in [-0.4, -0.2) is 14.0 Å². The van der Waals surface area contributed by atoms with E-state index in [-0.39, 0.29) is 7.92 Å². The molecular formula is C14H14BP. The fourth-order valence-electron chi connectivity index (χ4n) is 1.75. The lowest BCUT2D eigenvalue weighted by atomic mass is 10.1. The molecule has 0 aliphatic carbocycles. The first-order valence-electron chi connectivity index (χ1n) is 5.49. The molecule has 78 valence electrons. The Labute approximate surface area is 99.9 Å². The molecule has 0 heterocycles. The molecule has 0 aliphatic heterocycles. The zero-order valence-electron chi connectivity index (χ0n) is 9.21. The van der Waals surface area contributed by atoms with E-state index in [4.69, 9.17) is 7.85 Å². The van der Waals surface area contributed by atoms with Gasteiger partial charge in [-0.25, -0.2) is 0 Å². The number of rotatable bonds is 4. The molecule has 0 bridgehead atoms. The van der Waals surface area contributed by atoms with Crippen LogP contribution in [0, 0.1) is 0 Å². The summed E-state index contributed by atoms with van der Waals surface area (Å²) in [6, 6.07) is 21.3. The third-order valence-corrected chi connectivity index (χ3v) is 5.04. The van der Waals surface area contributed by atoms with E-state index in [1.54, 1.807) is 0 Å². The first kappa shape index (κ1) is 11.4. The van der Waals surface area contributed by atoms with Gasteiger partial charge in [0.25, 0.3) is 0 Å². The zero-order chi connectivity index (χ0) is 11.2. The lowest BCUT2D eigenvalue weighted by molar-refractivity contribution is 1.48. The summed E-state index contributed by atoms with van der Waals surface area (Å²) in [6.07, 6.45) is 1.80. The molecule has 0 N–H and O–H groups in total. The predicted molar refractivity (Wildman–Crippen MR) is 74.5 cm³/mol. The molecule has 0 aromatic heterocycles. The van der Waals surface area contributed by atoms with Crippen molar-refractivity contribution < 1.29 is 0 Å². The SMILES string of the molecule is [B]CCP(c1ccccc1)c1ccccc1. The molecule has 16 heavy (non-hydrogen) atoms. The average Bonchev–Trinajstić information content (AvgIpc) is 2.38. The topological polar surface area (TPSA) is 0 Å². The van der Waals surface area contributed by atoms with E-state index in [9.17, 15) is 0 Å². The van der Waals surface area contributed by atoms with Gasteiger partial charge in [-0.15, -0.1) is 0 Å². The summed E-state index contributed by atoms with van der Waals surface area (Å²) in [5, 5.41) is 2.82. The van der Waals surface area contributed by atoms with Crippen molar-refractivity contribution in [2.45, 2.75) is 6.32 Å². The zero-order valence-corrected chi connectivity index (χ0v) is 10.1. The van der Waals surface area contributed by atoms with Crippen LogP contribution in [0.3, 0.4) is 0 Å². The second-order valence-electron chi connectivity index (χ2n) is 3.61. The van der Waals surface area contributed by atoms with Crippen LogP contribution in [0.2, 0.25) is 6.32 Å². The van der Waals surface area contributed by atoms with Crippen molar-refractivity contribution in [3.05, 3.63) is 60.7 Å². The molecule has 2 rings (SSSR count). The first-order chi connectivity index (χ1) is 7.92. The van der Waals surface area contributed by atoms with E-state index in [2.05, 4.69) is 60.7 Å². The summed E-state index contributed by atoms with van der Waals surface area (Å²) in [5.74, 6) is 0. The van der Waals surface area contributed by atoms with E-state index >= 15 is 0 Å². The predicted octanol–water partition coefficient (Wildman–Crippen LogP) is 2.71. The first-order valence-corrected chi connectivity index (χ1v) is 7.02. The summed E-state index contributed by atoms with van der Waals surface area (Å²) in [4.78, 5) is 0. The van der Waals surface area contributed by atoms with E-state index in [0.717, 1.165) is 12.5 Å². The highest BCUT2D eigenvalue weighted by Gasteiger charge is 2.11. The highest BCUT2D eigenvalue weighted by Crippen LogP contribution is 2.33. The molecular weight excluding hydrogens is 210 g/mol. The van der Waals surface area contributed by atoms with Crippen molar-refractivity contribution in [1.82, 2.24) is 0 Å². The van der Waals surface area contributed by atoms with Crippen molar-refractivity contribution in [1.29, 1.82) is 0 Å². The minimum absolute atomic E-state index is 0.276. The molecule has 0 amide bonds. The molecule has 0 saturated carbocycles. The Kier molecular flexibility index (Phi) is 4.19. The standard InChI is InChI=1S/C14H14BP/c15-11-12-16(13-7-3-1-4-8-13)14-9-5-2-6-10-14/h1-10H,11-12H2. The molecule has 0 atom stereocenters. The fraction of sp³-hybridized carbons (Fsp3) is 0.143. The van der Waals surface area contributed by atoms with Crippen LogP contribution in [0.25, 0.3) is 0 Å². The highest BCUT2D eigenvalue weighted by molar-refractivity contribution is 7.73. The maximum Gasteiger partial charge on any atom is 0.0658 e. The lowest BCUT2D eigenvalue weighted by Gasteiger charge is -2.17. The van der Waals surface area contributed by atoms with Crippen molar-refractivity contribution in [3.8, 4) is 0 Å². The maximum absolute atomic E-state index is 5.72. The van der Waals surface area contributed by atoms with E-state index in [0.29, 0.717) is 0 Å². The van der Waals surface area contributed by atoms with Crippen molar-refractivity contribution >= 4 is 26.4 Å². The molecule has 0 nitrogen and oxygen atoms in total. The van der Waals surface area contributed by atoms with Crippen molar-refractivity contribution in [3.63, 3.8) is 0 Å². The molecule has 2 aromatic carbocycles. The largest absolute Gasteiger partial charge is 0.0842 e. The second-order valence-corrected chi connectivity index (χ2v) is 5.95. The molecule has 0 fully saturated rings. The molecule has 0 aliphatic rings. The second kappa shape index (κ2) is 5.87. The summed E-state index contributed by atoms with van der Waals surface area (Å²) in [6.45, 7) is 0. The minimum Gasteiger partial charge on any atom is -0.0842 e. The third-order valence-electron chi connectivity index (χ3n) is 2.49. The number of hydrogen-bond acceptors (Lipinski definition) is 0. The lowest BCUT2D eigenvalue weighted by Crippen LogP contribution is -2.13. The summed E-state index contributed by atoms with van der Waals surface area (Å²) < 4.78 is 0. The van der Waals surface area contributed by atoms with Gasteiger partial charge in [-0.3, -0.25) is 0 Å². The van der Waals surface area contributed by atoms with Crippen LogP contribution in [0.5, 0.6) is 0 Å². The Balaban J connectivity index is 2.31. The Morgan fingerprint density at radius 3 is 1.56 bits per heavy atom. The van der Waals surface area contributed by atoms with Gasteiger partial charge in [0.1, 0.15) is 0 Å². The van der Waals surface area contributed by atoms with Crippen molar-refractivity contribution in [2.24, 2.45) is 0 Å². The van der Waals surface area contributed by atoms with Gasteiger partial charge in [0.05, 0.1) is 7.85 Å². The van der Waals surface area contributed by atoms with Gasteiger partial charge in [-0.05, 0) is 24.7 Å². The molecule has 0 unspecified atom stereocenters. The quantitative estimate of drug-likeness (QED) is 0.553. The van der Waals surface area contributed by atoms with Crippen LogP contribution in [0.1, 0.15) is 0 Å². The fourth-order valence-corrected chi connectivity index (χ4v) is 3.89. The van der Waals surface area contributed by atoms with Gasteiger partial charge in [0.2, 0.25) is 0 Å². The van der Waals surface area contributed by atoms with Crippen molar-refractivity contribution in [2.75, 3.05) is 6.16 Å². The summed E-state index contributed by atoms with van der Waals surface area (Å²) in [5.41, 5.74) is 0. The van der Waals surface area contributed by atoms with Gasteiger partial charge < -0.3 is 0 Å². The van der Waals surface area contributed by atoms with Gasteiger partial charge in [0, 0.05) is 0 Å². The van der Waals surface area contributed by atoms with Crippen LogP contribution in [0.4, 0.5) is 0 Å². The number of hydrogen-bond donors (Lipinski definition) is 0. The van der Waals surface area contributed by atoms with Crippen LogP contribution < -0.4 is 10.6 Å². The van der Waals surface area contributed by atoms with Gasteiger partial charge in [0.15, 0.2) is 0 Å². The van der Waals surface area contributed by atoms with Crippen LogP contribution in [0.15, 0.2) is 60.7 Å². The molecule has 0 spiro atoms. The van der Waals surface area contributed by atoms with E-state index < -0.39 is 0 Å². The number of benzene rings is 2. The third kappa shape index (κ3) is 2.74. The van der Waals surface area contributed by atoms with E-state index in [1.807, 2.05) is 0 Å². The Bertz CT molecular complexity index is 374. The summed E-state index contributed by atoms with van der Waals surface area (Å²) >= 11 is 0. The van der Waals surface area contributed by atoms with E-state index in [1.165, 1.54) is 10.6 Å². The Morgan fingerprint density at radius 2 is 1.19 bits per heavy atom. The normalized spacial score (nSPS) is 10.6. The minimum atomic E-state index is -0.276. The monoisotopic (exact) mass is 224 g/mol. The van der Waals surface area contributed by atoms with Gasteiger partial charge >= 0.3 is 0 Å².